The Morgan fingerprint density at radius 2 is 1.44 bits per heavy atom. The van der Waals surface area contributed by atoms with Crippen LogP contribution >= 0.6 is 0 Å². The van der Waals surface area contributed by atoms with Gasteiger partial charge in [-0.3, -0.25) is 19.2 Å². The van der Waals surface area contributed by atoms with Crippen LogP contribution in [0.15, 0.2) is 0 Å². The maximum Gasteiger partial charge on any atom is 0.326 e. The quantitative estimate of drug-likeness (QED) is 0.125. The van der Waals surface area contributed by atoms with Gasteiger partial charge in [0.05, 0.1) is 6.04 Å². The first-order valence-corrected chi connectivity index (χ1v) is 11.7. The van der Waals surface area contributed by atoms with Crippen LogP contribution in [-0.2, 0) is 24.0 Å². The molecule has 0 rings (SSSR count). The van der Waals surface area contributed by atoms with Crippen LogP contribution in [0.1, 0.15) is 66.2 Å². The molecule has 5 unspecified atom stereocenters. The van der Waals surface area contributed by atoms with Crippen molar-refractivity contribution in [1.82, 2.24) is 16.0 Å². The third-order valence-electron chi connectivity index (χ3n) is 5.64. The molecule has 0 saturated carbocycles. The number of hydrogen-bond acceptors (Lipinski definition) is 7. The molecule has 12 nitrogen and oxygen atoms in total. The second kappa shape index (κ2) is 16.0. The van der Waals surface area contributed by atoms with Gasteiger partial charge in [-0.2, -0.15) is 0 Å². The Morgan fingerprint density at radius 3 is 1.91 bits per heavy atom. The lowest BCUT2D eigenvalue weighted by atomic mass is 9.96. The number of carboxylic acid groups (broad SMARTS) is 1. The van der Waals surface area contributed by atoms with Crippen LogP contribution in [0.25, 0.3) is 0 Å². The Balaban J connectivity index is 5.53. The van der Waals surface area contributed by atoms with Gasteiger partial charge in [0.1, 0.15) is 18.1 Å². The predicted octanol–water partition coefficient (Wildman–Crippen LogP) is -1.05. The largest absolute Gasteiger partial charge is 0.480 e. The van der Waals surface area contributed by atoms with Gasteiger partial charge in [0, 0.05) is 6.42 Å². The summed E-state index contributed by atoms with van der Waals surface area (Å²) < 4.78 is 0. The highest BCUT2D eigenvalue weighted by atomic mass is 16.4. The number of nitrogens with two attached hydrogens (primary N) is 3. The average molecular weight is 487 g/mol. The topological polar surface area (TPSA) is 220 Å². The monoisotopic (exact) mass is 486 g/mol. The first-order chi connectivity index (χ1) is 15.8. The minimum Gasteiger partial charge on any atom is -0.480 e. The number of nitrogens with one attached hydrogen (secondary N) is 3. The van der Waals surface area contributed by atoms with Crippen molar-refractivity contribution in [3.63, 3.8) is 0 Å². The Kier molecular flexibility index (Phi) is 14.7. The van der Waals surface area contributed by atoms with Crippen LogP contribution in [0.3, 0.4) is 0 Å². The lowest BCUT2D eigenvalue weighted by molar-refractivity contribution is -0.143. The predicted molar refractivity (Wildman–Crippen MR) is 127 cm³/mol. The summed E-state index contributed by atoms with van der Waals surface area (Å²) in [4.78, 5) is 61.2. The van der Waals surface area contributed by atoms with Crippen LogP contribution in [0, 0.1) is 11.8 Å². The molecule has 0 aromatic carbocycles. The van der Waals surface area contributed by atoms with Gasteiger partial charge in [0.2, 0.25) is 23.6 Å². The summed E-state index contributed by atoms with van der Waals surface area (Å²) in [7, 11) is 0. The maximum atomic E-state index is 13.1. The molecule has 12 heteroatoms. The summed E-state index contributed by atoms with van der Waals surface area (Å²) in [6, 6.07) is -4.20. The van der Waals surface area contributed by atoms with Gasteiger partial charge >= 0.3 is 5.97 Å². The summed E-state index contributed by atoms with van der Waals surface area (Å²) in [5.74, 6) is -4.51. The lowest BCUT2D eigenvalue weighted by Gasteiger charge is -2.28. The molecule has 0 aliphatic rings. The van der Waals surface area contributed by atoms with E-state index in [1.165, 1.54) is 0 Å². The molecule has 5 atom stereocenters. The van der Waals surface area contributed by atoms with Gasteiger partial charge < -0.3 is 38.3 Å². The van der Waals surface area contributed by atoms with Gasteiger partial charge in [0.15, 0.2) is 0 Å². The SMILES string of the molecule is CCC(C)C(NC(=O)C(N)CCCCN)C(=O)NC(CCC(N)=O)C(=O)NC(C(=O)O)C(C)C. The number of primary amides is 1. The number of carbonyl (C=O) groups is 5. The Labute approximate surface area is 201 Å². The molecule has 0 aromatic heterocycles. The van der Waals surface area contributed by atoms with Crippen molar-refractivity contribution in [2.75, 3.05) is 6.54 Å². The van der Waals surface area contributed by atoms with Crippen molar-refractivity contribution in [3.8, 4) is 0 Å². The zero-order valence-corrected chi connectivity index (χ0v) is 20.6. The van der Waals surface area contributed by atoms with E-state index in [1.54, 1.807) is 20.8 Å². The van der Waals surface area contributed by atoms with E-state index in [0.29, 0.717) is 25.8 Å². The zero-order valence-electron chi connectivity index (χ0n) is 20.6. The van der Waals surface area contributed by atoms with E-state index in [9.17, 15) is 29.1 Å². The highest BCUT2D eigenvalue weighted by Crippen LogP contribution is 2.11. The molecule has 0 aliphatic heterocycles. The van der Waals surface area contributed by atoms with Gasteiger partial charge in [0.25, 0.3) is 0 Å². The molecular formula is C22H42N6O6. The maximum absolute atomic E-state index is 13.1. The second-order valence-electron chi connectivity index (χ2n) is 8.90. The van der Waals surface area contributed by atoms with Crippen molar-refractivity contribution in [3.05, 3.63) is 0 Å². The molecule has 4 amide bonds. The highest BCUT2D eigenvalue weighted by Gasteiger charge is 2.33. The molecular weight excluding hydrogens is 444 g/mol. The molecule has 0 saturated heterocycles. The van der Waals surface area contributed by atoms with Crippen LogP contribution in [0.5, 0.6) is 0 Å². The number of carbonyl (C=O) groups excluding carboxylic acids is 4. The first-order valence-electron chi connectivity index (χ1n) is 11.7. The summed E-state index contributed by atoms with van der Waals surface area (Å²) in [5, 5.41) is 16.9. The number of unbranched alkanes of at least 4 members (excludes halogenated alkanes) is 1. The number of hydrogen-bond donors (Lipinski definition) is 7. The van der Waals surface area contributed by atoms with Crippen LogP contribution < -0.4 is 33.2 Å². The van der Waals surface area contributed by atoms with E-state index in [4.69, 9.17) is 17.2 Å². The molecule has 10 N–H and O–H groups in total. The minimum atomic E-state index is -1.23. The molecule has 34 heavy (non-hydrogen) atoms. The standard InChI is InChI=1S/C22H42N6O6/c1-5-13(4)18(28-19(30)14(24)8-6-7-11-23)21(32)26-15(9-10-16(25)29)20(31)27-17(12(2)3)22(33)34/h12-15,17-18H,5-11,23-24H2,1-4H3,(H2,25,29)(H,26,32)(H,27,31)(H,28,30)(H,33,34). The number of rotatable bonds is 17. The fourth-order valence-corrected chi connectivity index (χ4v) is 3.19. The molecule has 0 spiro atoms. The number of carboxylic acids is 1. The van der Waals surface area contributed by atoms with Gasteiger partial charge in [-0.15, -0.1) is 0 Å². The van der Waals surface area contributed by atoms with E-state index in [2.05, 4.69) is 16.0 Å². The molecule has 196 valence electrons. The molecule has 0 heterocycles. The molecule has 0 radical (unpaired) electrons. The zero-order chi connectivity index (χ0) is 26.4. The van der Waals surface area contributed by atoms with Crippen LogP contribution in [0.2, 0.25) is 0 Å². The second-order valence-corrected chi connectivity index (χ2v) is 8.90. The van der Waals surface area contributed by atoms with E-state index in [-0.39, 0.29) is 18.8 Å². The van der Waals surface area contributed by atoms with Crippen molar-refractivity contribution >= 4 is 29.6 Å². The van der Waals surface area contributed by atoms with Crippen molar-refractivity contribution in [2.45, 2.75) is 90.4 Å². The van der Waals surface area contributed by atoms with E-state index < -0.39 is 59.7 Å². The third kappa shape index (κ3) is 11.4. The summed E-state index contributed by atoms with van der Waals surface area (Å²) >= 11 is 0. The third-order valence-corrected chi connectivity index (χ3v) is 5.64. The molecule has 0 aromatic rings. The van der Waals surface area contributed by atoms with Crippen molar-refractivity contribution < 1.29 is 29.1 Å². The van der Waals surface area contributed by atoms with Crippen molar-refractivity contribution in [1.29, 1.82) is 0 Å². The Bertz CT molecular complexity index is 701. The molecule has 0 fully saturated rings. The fraction of sp³-hybridized carbons (Fsp3) is 0.773. The Hall–Kier alpha value is -2.73. The summed E-state index contributed by atoms with van der Waals surface area (Å²) in [5.41, 5.74) is 16.6. The van der Waals surface area contributed by atoms with Gasteiger partial charge in [-0.1, -0.05) is 40.5 Å². The van der Waals surface area contributed by atoms with Crippen LogP contribution in [0.4, 0.5) is 0 Å². The lowest BCUT2D eigenvalue weighted by Crippen LogP contribution is -2.59. The first kappa shape index (κ1) is 31.3. The normalized spacial score (nSPS) is 15.5. The minimum absolute atomic E-state index is 0.128. The number of amides is 4. The fourth-order valence-electron chi connectivity index (χ4n) is 3.19. The molecule has 0 aliphatic carbocycles. The average Bonchev–Trinajstić information content (AvgIpc) is 2.76. The van der Waals surface area contributed by atoms with Crippen LogP contribution in [-0.4, -0.2) is 65.4 Å². The van der Waals surface area contributed by atoms with Gasteiger partial charge in [-0.25, -0.2) is 4.79 Å². The van der Waals surface area contributed by atoms with Gasteiger partial charge in [-0.05, 0) is 37.6 Å². The summed E-state index contributed by atoms with van der Waals surface area (Å²) in [6.45, 7) is 7.35. The van der Waals surface area contributed by atoms with E-state index in [1.807, 2.05) is 6.92 Å². The van der Waals surface area contributed by atoms with E-state index in [0.717, 1.165) is 6.42 Å². The highest BCUT2D eigenvalue weighted by molar-refractivity contribution is 5.94. The molecule has 0 bridgehead atoms. The Morgan fingerprint density at radius 1 is 0.853 bits per heavy atom. The van der Waals surface area contributed by atoms with E-state index >= 15 is 0 Å². The summed E-state index contributed by atoms with van der Waals surface area (Å²) in [6.07, 6.45) is 2.02. The van der Waals surface area contributed by atoms with Crippen molar-refractivity contribution in [2.24, 2.45) is 29.0 Å². The smallest absolute Gasteiger partial charge is 0.326 e. The number of aliphatic carboxylic acids is 1.